The van der Waals surface area contributed by atoms with Crippen molar-refractivity contribution in [3.05, 3.63) is 23.8 Å². The minimum atomic E-state index is 0.147. The molecule has 66 valence electrons. The summed E-state index contributed by atoms with van der Waals surface area (Å²) in [5.41, 5.74) is 1.42. The second-order valence-electron chi connectivity index (χ2n) is 3.46. The smallest absolute Gasteiger partial charge is 0.152 e. The molecular weight excluding hydrogens is 148 g/mol. The van der Waals surface area contributed by atoms with Gasteiger partial charge >= 0.3 is 0 Å². The van der Waals surface area contributed by atoms with Crippen LogP contribution >= 0.6 is 0 Å². The maximum Gasteiger partial charge on any atom is 0.152 e. The Hall–Kier alpha value is -0.850. The second kappa shape index (κ2) is 4.24. The molecule has 0 fully saturated rings. The van der Waals surface area contributed by atoms with Crippen molar-refractivity contribution in [3.8, 4) is 0 Å². The number of carbonyl (C=O) groups excluding carboxylic acids is 1. The Kier molecular flexibility index (Phi) is 3.27. The molecule has 1 nitrogen and oxygen atoms in total. The van der Waals surface area contributed by atoms with Crippen molar-refractivity contribution in [2.45, 2.75) is 33.1 Å². The van der Waals surface area contributed by atoms with E-state index >= 15 is 0 Å². The molecule has 0 bridgehead atoms. The third-order valence-electron chi connectivity index (χ3n) is 2.33. The molecule has 0 N–H and O–H groups in total. The van der Waals surface area contributed by atoms with Crippen LogP contribution in [0.4, 0.5) is 0 Å². The third kappa shape index (κ3) is 2.65. The predicted octanol–water partition coefficient (Wildman–Crippen LogP) is 2.88. The van der Waals surface area contributed by atoms with Crippen LogP contribution in [-0.4, -0.2) is 5.78 Å². The van der Waals surface area contributed by atoms with Gasteiger partial charge in [-0.3, -0.25) is 4.79 Å². The van der Waals surface area contributed by atoms with E-state index in [4.69, 9.17) is 0 Å². The van der Waals surface area contributed by atoms with Gasteiger partial charge in [-0.2, -0.15) is 0 Å². The van der Waals surface area contributed by atoms with Crippen LogP contribution in [0, 0.1) is 5.92 Å². The number of hydrogen-bond donors (Lipinski definition) is 0. The van der Waals surface area contributed by atoms with Crippen LogP contribution in [0.1, 0.15) is 33.1 Å². The first-order chi connectivity index (χ1) is 5.70. The fraction of sp³-hybridized carbons (Fsp3) is 0.545. The van der Waals surface area contributed by atoms with Gasteiger partial charge in [0.25, 0.3) is 0 Å². The third-order valence-corrected chi connectivity index (χ3v) is 2.33. The van der Waals surface area contributed by atoms with E-state index in [9.17, 15) is 4.79 Å². The van der Waals surface area contributed by atoms with Crippen molar-refractivity contribution in [2.24, 2.45) is 5.92 Å². The molecular formula is C11H16O. The SMILES string of the molecule is CC(=O)/C=C/C1CCCC=C1C. The van der Waals surface area contributed by atoms with Gasteiger partial charge in [-0.05, 0) is 45.1 Å². The van der Waals surface area contributed by atoms with E-state index in [0.717, 1.165) is 0 Å². The first-order valence-electron chi connectivity index (χ1n) is 4.55. The van der Waals surface area contributed by atoms with E-state index in [0.29, 0.717) is 5.92 Å². The molecule has 0 saturated heterocycles. The van der Waals surface area contributed by atoms with Gasteiger partial charge in [-0.1, -0.05) is 17.7 Å². The lowest BCUT2D eigenvalue weighted by Crippen LogP contribution is -2.03. The molecule has 0 aliphatic heterocycles. The van der Waals surface area contributed by atoms with Crippen LogP contribution in [0.5, 0.6) is 0 Å². The number of ketones is 1. The summed E-state index contributed by atoms with van der Waals surface area (Å²) in [6.45, 7) is 3.74. The average molecular weight is 164 g/mol. The Morgan fingerprint density at radius 2 is 2.42 bits per heavy atom. The number of hydrogen-bond acceptors (Lipinski definition) is 1. The summed E-state index contributed by atoms with van der Waals surface area (Å²) in [4.78, 5) is 10.7. The molecule has 0 aromatic carbocycles. The van der Waals surface area contributed by atoms with Crippen molar-refractivity contribution < 1.29 is 4.79 Å². The van der Waals surface area contributed by atoms with Crippen molar-refractivity contribution in [1.82, 2.24) is 0 Å². The van der Waals surface area contributed by atoms with E-state index in [1.54, 1.807) is 13.0 Å². The number of rotatable bonds is 2. The molecule has 1 aliphatic carbocycles. The standard InChI is InChI=1S/C11H16O/c1-9-5-3-4-6-11(9)8-7-10(2)12/h5,7-8,11H,3-4,6H2,1-2H3/b8-7+. The summed E-state index contributed by atoms with van der Waals surface area (Å²) in [5, 5.41) is 0. The van der Waals surface area contributed by atoms with E-state index in [-0.39, 0.29) is 5.78 Å². The molecule has 0 aromatic rings. The molecule has 1 unspecified atom stereocenters. The van der Waals surface area contributed by atoms with Crippen LogP contribution in [-0.2, 0) is 4.79 Å². The molecule has 0 saturated carbocycles. The highest BCUT2D eigenvalue weighted by Crippen LogP contribution is 2.25. The normalized spacial score (nSPS) is 24.2. The monoisotopic (exact) mass is 164 g/mol. The summed E-state index contributed by atoms with van der Waals surface area (Å²) >= 11 is 0. The van der Waals surface area contributed by atoms with Crippen molar-refractivity contribution in [3.63, 3.8) is 0 Å². The maximum absolute atomic E-state index is 10.7. The Morgan fingerprint density at radius 3 is 3.00 bits per heavy atom. The van der Waals surface area contributed by atoms with Crippen molar-refractivity contribution >= 4 is 5.78 Å². The summed E-state index contributed by atoms with van der Waals surface area (Å²) in [7, 11) is 0. The van der Waals surface area contributed by atoms with Gasteiger partial charge in [0.15, 0.2) is 5.78 Å². The van der Waals surface area contributed by atoms with Gasteiger partial charge in [0.1, 0.15) is 0 Å². The van der Waals surface area contributed by atoms with Crippen LogP contribution in [0.25, 0.3) is 0 Å². The highest BCUT2D eigenvalue weighted by molar-refractivity contribution is 5.87. The molecule has 0 amide bonds. The van der Waals surface area contributed by atoms with Crippen LogP contribution < -0.4 is 0 Å². The molecule has 1 aliphatic rings. The summed E-state index contributed by atoms with van der Waals surface area (Å²) in [6, 6.07) is 0. The fourth-order valence-corrected chi connectivity index (χ4v) is 1.55. The van der Waals surface area contributed by atoms with Crippen LogP contribution in [0.3, 0.4) is 0 Å². The highest BCUT2D eigenvalue weighted by atomic mass is 16.1. The zero-order valence-corrected chi connectivity index (χ0v) is 7.84. The van der Waals surface area contributed by atoms with Crippen molar-refractivity contribution in [1.29, 1.82) is 0 Å². The highest BCUT2D eigenvalue weighted by Gasteiger charge is 2.10. The molecule has 0 radical (unpaired) electrons. The van der Waals surface area contributed by atoms with E-state index in [1.807, 2.05) is 6.08 Å². The lowest BCUT2D eigenvalue weighted by atomic mass is 9.88. The summed E-state index contributed by atoms with van der Waals surface area (Å²) in [5.74, 6) is 0.663. The number of carbonyl (C=O) groups is 1. The summed E-state index contributed by atoms with van der Waals surface area (Å²) in [6.07, 6.45) is 9.66. The minimum absolute atomic E-state index is 0.147. The topological polar surface area (TPSA) is 17.1 Å². The average Bonchev–Trinajstić information content (AvgIpc) is 2.03. The second-order valence-corrected chi connectivity index (χ2v) is 3.46. The lowest BCUT2D eigenvalue weighted by Gasteiger charge is -2.17. The molecule has 12 heavy (non-hydrogen) atoms. The van der Waals surface area contributed by atoms with Gasteiger partial charge in [-0.25, -0.2) is 0 Å². The molecule has 0 heterocycles. The maximum atomic E-state index is 10.7. The zero-order chi connectivity index (χ0) is 8.97. The van der Waals surface area contributed by atoms with E-state index in [1.165, 1.54) is 24.8 Å². The molecule has 1 atom stereocenters. The first-order valence-corrected chi connectivity index (χ1v) is 4.55. The molecule has 1 rings (SSSR count). The van der Waals surface area contributed by atoms with Crippen LogP contribution in [0.15, 0.2) is 23.8 Å². The Bertz CT molecular complexity index is 223. The molecule has 1 heteroatoms. The van der Waals surface area contributed by atoms with Gasteiger partial charge in [-0.15, -0.1) is 0 Å². The van der Waals surface area contributed by atoms with Crippen LogP contribution in [0.2, 0.25) is 0 Å². The van der Waals surface area contributed by atoms with Gasteiger partial charge in [0.2, 0.25) is 0 Å². The van der Waals surface area contributed by atoms with Gasteiger partial charge < -0.3 is 0 Å². The first kappa shape index (κ1) is 9.24. The Labute approximate surface area is 74.2 Å². The fourth-order valence-electron chi connectivity index (χ4n) is 1.55. The molecule has 0 aromatic heterocycles. The predicted molar refractivity (Wildman–Crippen MR) is 50.9 cm³/mol. The minimum Gasteiger partial charge on any atom is -0.295 e. The largest absolute Gasteiger partial charge is 0.295 e. The lowest BCUT2D eigenvalue weighted by molar-refractivity contribution is -0.112. The van der Waals surface area contributed by atoms with E-state index < -0.39 is 0 Å². The van der Waals surface area contributed by atoms with Gasteiger partial charge in [0.05, 0.1) is 0 Å². The van der Waals surface area contributed by atoms with E-state index in [2.05, 4.69) is 13.0 Å². The summed E-state index contributed by atoms with van der Waals surface area (Å²) < 4.78 is 0. The van der Waals surface area contributed by atoms with Gasteiger partial charge in [0, 0.05) is 0 Å². The quantitative estimate of drug-likeness (QED) is 0.453. The molecule has 0 spiro atoms. The van der Waals surface area contributed by atoms with Crippen molar-refractivity contribution in [2.75, 3.05) is 0 Å². The Morgan fingerprint density at radius 1 is 1.67 bits per heavy atom. The number of allylic oxidation sites excluding steroid dienone is 4. The Balaban J connectivity index is 2.57. The zero-order valence-electron chi connectivity index (χ0n) is 7.84.